The van der Waals surface area contributed by atoms with Crippen molar-refractivity contribution >= 4 is 28.5 Å². The minimum atomic E-state index is -0.460. The zero-order chi connectivity index (χ0) is 14.8. The summed E-state index contributed by atoms with van der Waals surface area (Å²) in [5.41, 5.74) is 1.51. The molecule has 2 aromatic heterocycles. The lowest BCUT2D eigenvalue weighted by Gasteiger charge is -2.08. The van der Waals surface area contributed by atoms with Crippen LogP contribution in [-0.2, 0) is 0 Å². The van der Waals surface area contributed by atoms with Crippen LogP contribution in [0.15, 0.2) is 36.8 Å². The predicted octanol–water partition coefficient (Wildman–Crippen LogP) is 2.26. The van der Waals surface area contributed by atoms with Gasteiger partial charge in [-0.05, 0) is 25.1 Å². The molecule has 1 aromatic carbocycles. The molecule has 0 amide bonds. The molecule has 0 saturated carbocycles. The Labute approximate surface area is 126 Å². The van der Waals surface area contributed by atoms with Crippen LogP contribution in [-0.4, -0.2) is 37.5 Å². The van der Waals surface area contributed by atoms with Crippen LogP contribution < -0.4 is 5.32 Å². The van der Waals surface area contributed by atoms with E-state index in [0.29, 0.717) is 23.0 Å². The van der Waals surface area contributed by atoms with E-state index >= 15 is 0 Å². The highest BCUT2D eigenvalue weighted by Gasteiger charge is 2.11. The first-order chi connectivity index (χ1) is 10.1. The van der Waals surface area contributed by atoms with Gasteiger partial charge in [-0.15, -0.1) is 0 Å². The summed E-state index contributed by atoms with van der Waals surface area (Å²) < 4.78 is 1.70. The van der Waals surface area contributed by atoms with Crippen molar-refractivity contribution in [3.63, 3.8) is 0 Å². The maximum atomic E-state index is 9.36. The molecule has 0 aliphatic carbocycles. The van der Waals surface area contributed by atoms with Gasteiger partial charge in [0, 0.05) is 11.6 Å². The Morgan fingerprint density at radius 3 is 3.00 bits per heavy atom. The van der Waals surface area contributed by atoms with Crippen LogP contribution in [0.4, 0.5) is 5.82 Å². The number of nitrogens with one attached hydrogen (secondary N) is 1. The highest BCUT2D eigenvalue weighted by atomic mass is 35.5. The number of benzene rings is 1. The molecule has 0 fully saturated rings. The molecule has 2 heterocycles. The fourth-order valence-corrected chi connectivity index (χ4v) is 2.21. The molecule has 108 valence electrons. The number of rotatable bonds is 4. The van der Waals surface area contributed by atoms with Crippen LogP contribution in [0.25, 0.3) is 16.7 Å². The molecule has 0 saturated heterocycles. The third kappa shape index (κ3) is 2.81. The van der Waals surface area contributed by atoms with Gasteiger partial charge in [0.15, 0.2) is 5.65 Å². The van der Waals surface area contributed by atoms with Gasteiger partial charge in [-0.3, -0.25) is 0 Å². The molecule has 6 nitrogen and oxygen atoms in total. The summed E-state index contributed by atoms with van der Waals surface area (Å²) in [4.78, 5) is 8.47. The number of hydrogen-bond donors (Lipinski definition) is 2. The third-order valence-corrected chi connectivity index (χ3v) is 3.22. The molecular formula is C14H14ClN5O. The van der Waals surface area contributed by atoms with Crippen molar-refractivity contribution in [1.29, 1.82) is 0 Å². The Morgan fingerprint density at radius 2 is 2.24 bits per heavy atom. The second kappa shape index (κ2) is 5.67. The Balaban J connectivity index is 2.05. The van der Waals surface area contributed by atoms with E-state index in [1.165, 1.54) is 6.33 Å². The quantitative estimate of drug-likeness (QED) is 0.773. The number of anilines is 1. The summed E-state index contributed by atoms with van der Waals surface area (Å²) in [6.07, 6.45) is 2.70. The molecule has 0 bridgehead atoms. The average molecular weight is 304 g/mol. The van der Waals surface area contributed by atoms with Gasteiger partial charge in [0.1, 0.15) is 12.1 Å². The normalized spacial score (nSPS) is 12.5. The van der Waals surface area contributed by atoms with Gasteiger partial charge in [0.25, 0.3) is 0 Å². The molecule has 21 heavy (non-hydrogen) atoms. The molecule has 3 aromatic rings. The van der Waals surface area contributed by atoms with E-state index in [0.717, 1.165) is 11.1 Å². The summed E-state index contributed by atoms with van der Waals surface area (Å²) in [7, 11) is 0. The molecule has 0 radical (unpaired) electrons. The number of fused-ring (bicyclic) bond motifs is 1. The number of halogens is 1. The lowest BCUT2D eigenvalue weighted by atomic mass is 10.3. The second-order valence-corrected chi connectivity index (χ2v) is 5.16. The van der Waals surface area contributed by atoms with Gasteiger partial charge in [-0.1, -0.05) is 17.7 Å². The lowest BCUT2D eigenvalue weighted by molar-refractivity contribution is 0.208. The molecular weight excluding hydrogens is 290 g/mol. The molecule has 3 rings (SSSR count). The van der Waals surface area contributed by atoms with Gasteiger partial charge in [0.2, 0.25) is 0 Å². The summed E-state index contributed by atoms with van der Waals surface area (Å²) in [5.74, 6) is 0.647. The second-order valence-electron chi connectivity index (χ2n) is 4.73. The maximum absolute atomic E-state index is 9.36. The number of aliphatic hydroxyl groups excluding tert-OH is 1. The summed E-state index contributed by atoms with van der Waals surface area (Å²) in [6, 6.07) is 7.39. The standard InChI is InChI=1S/C14H14ClN5O/c1-9(21)6-16-13-12-7-19-20(14(12)18-8-17-13)11-4-2-3-10(15)5-11/h2-5,7-9,21H,6H2,1H3,(H,16,17,18)/t9-/m0/s1. The first kappa shape index (κ1) is 13.8. The topological polar surface area (TPSA) is 75.9 Å². The van der Waals surface area contributed by atoms with E-state index in [2.05, 4.69) is 20.4 Å². The molecule has 2 N–H and O–H groups in total. The Kier molecular flexibility index (Phi) is 3.72. The van der Waals surface area contributed by atoms with Crippen LogP contribution in [0.3, 0.4) is 0 Å². The Bertz CT molecular complexity index is 771. The minimum absolute atomic E-state index is 0.411. The number of nitrogens with zero attached hydrogens (tertiary/aromatic N) is 4. The zero-order valence-corrected chi connectivity index (χ0v) is 12.1. The molecule has 7 heteroatoms. The van der Waals surface area contributed by atoms with Gasteiger partial charge < -0.3 is 10.4 Å². The van der Waals surface area contributed by atoms with Gasteiger partial charge >= 0.3 is 0 Å². The van der Waals surface area contributed by atoms with E-state index in [1.54, 1.807) is 23.9 Å². The molecule has 0 aliphatic heterocycles. The van der Waals surface area contributed by atoms with Crippen molar-refractivity contribution in [2.45, 2.75) is 13.0 Å². The van der Waals surface area contributed by atoms with E-state index in [9.17, 15) is 5.11 Å². The number of hydrogen-bond acceptors (Lipinski definition) is 5. The van der Waals surface area contributed by atoms with Crippen LogP contribution in [0.1, 0.15) is 6.92 Å². The van der Waals surface area contributed by atoms with E-state index in [4.69, 9.17) is 11.6 Å². The number of aromatic nitrogens is 4. The summed E-state index contributed by atoms with van der Waals surface area (Å²) in [5, 5.41) is 18.2. The van der Waals surface area contributed by atoms with Crippen molar-refractivity contribution in [3.05, 3.63) is 41.8 Å². The van der Waals surface area contributed by atoms with Crippen LogP contribution in [0.2, 0.25) is 5.02 Å². The van der Waals surface area contributed by atoms with Crippen molar-refractivity contribution < 1.29 is 5.11 Å². The minimum Gasteiger partial charge on any atom is -0.392 e. The summed E-state index contributed by atoms with van der Waals surface area (Å²) in [6.45, 7) is 2.12. The average Bonchev–Trinajstić information content (AvgIpc) is 2.89. The van der Waals surface area contributed by atoms with Gasteiger partial charge in [-0.25, -0.2) is 14.6 Å². The van der Waals surface area contributed by atoms with Crippen molar-refractivity contribution in [2.24, 2.45) is 0 Å². The third-order valence-electron chi connectivity index (χ3n) is 2.98. The summed E-state index contributed by atoms with van der Waals surface area (Å²) >= 11 is 6.01. The zero-order valence-electron chi connectivity index (χ0n) is 11.4. The van der Waals surface area contributed by atoms with Gasteiger partial charge in [-0.2, -0.15) is 5.10 Å². The highest BCUT2D eigenvalue weighted by Crippen LogP contribution is 2.22. The highest BCUT2D eigenvalue weighted by molar-refractivity contribution is 6.30. The van der Waals surface area contributed by atoms with E-state index < -0.39 is 6.10 Å². The maximum Gasteiger partial charge on any atom is 0.168 e. The lowest BCUT2D eigenvalue weighted by Crippen LogP contribution is -2.16. The van der Waals surface area contributed by atoms with Crippen LogP contribution in [0.5, 0.6) is 0 Å². The van der Waals surface area contributed by atoms with Crippen molar-refractivity contribution in [2.75, 3.05) is 11.9 Å². The van der Waals surface area contributed by atoms with Crippen LogP contribution in [0, 0.1) is 0 Å². The molecule has 0 aliphatic rings. The van der Waals surface area contributed by atoms with E-state index in [1.807, 2.05) is 18.2 Å². The first-order valence-corrected chi connectivity index (χ1v) is 6.89. The first-order valence-electron chi connectivity index (χ1n) is 6.52. The monoisotopic (exact) mass is 303 g/mol. The fourth-order valence-electron chi connectivity index (χ4n) is 2.03. The van der Waals surface area contributed by atoms with Crippen molar-refractivity contribution in [3.8, 4) is 5.69 Å². The molecule has 1 atom stereocenters. The predicted molar refractivity (Wildman–Crippen MR) is 81.8 cm³/mol. The van der Waals surface area contributed by atoms with Gasteiger partial charge in [0.05, 0.1) is 23.4 Å². The molecule has 0 spiro atoms. The van der Waals surface area contributed by atoms with E-state index in [-0.39, 0.29) is 0 Å². The Hall–Kier alpha value is -2.18. The fraction of sp³-hybridized carbons (Fsp3) is 0.214. The SMILES string of the molecule is C[C@H](O)CNc1ncnc2c1cnn2-c1cccc(Cl)c1. The van der Waals surface area contributed by atoms with Crippen LogP contribution >= 0.6 is 11.6 Å². The molecule has 0 unspecified atom stereocenters. The largest absolute Gasteiger partial charge is 0.392 e. The smallest absolute Gasteiger partial charge is 0.168 e. The Morgan fingerprint density at radius 1 is 1.38 bits per heavy atom. The number of aliphatic hydroxyl groups is 1. The van der Waals surface area contributed by atoms with Crippen molar-refractivity contribution in [1.82, 2.24) is 19.7 Å².